The Kier molecular flexibility index (Phi) is 4.11. The van der Waals surface area contributed by atoms with E-state index in [0.29, 0.717) is 0 Å². The van der Waals surface area contributed by atoms with E-state index >= 15 is 0 Å². The first-order valence-electron chi connectivity index (χ1n) is 5.71. The molecule has 0 bridgehead atoms. The molecule has 2 nitrogen and oxygen atoms in total. The second kappa shape index (κ2) is 5.17. The molecule has 0 aliphatic heterocycles. The molecule has 1 atom stereocenters. The second-order valence-electron chi connectivity index (χ2n) is 4.84. The molecule has 0 fully saturated rings. The molecule has 0 radical (unpaired) electrons. The highest BCUT2D eigenvalue weighted by atomic mass is 16.5. The highest BCUT2D eigenvalue weighted by Crippen LogP contribution is 2.37. The number of methoxy groups -OCH3 is 1. The molecule has 2 heteroatoms. The van der Waals surface area contributed by atoms with E-state index in [0.717, 1.165) is 5.56 Å². The van der Waals surface area contributed by atoms with Gasteiger partial charge < -0.3 is 4.74 Å². The van der Waals surface area contributed by atoms with Crippen LogP contribution in [0, 0.1) is 12.3 Å². The van der Waals surface area contributed by atoms with Crippen LogP contribution in [0.2, 0.25) is 0 Å². The third-order valence-corrected chi connectivity index (χ3v) is 3.16. The Hall–Kier alpha value is -1.57. The lowest BCUT2D eigenvalue weighted by atomic mass is 9.75. The maximum Gasteiger partial charge on any atom is 0.312 e. The Morgan fingerprint density at radius 1 is 1.35 bits per heavy atom. The molecule has 0 saturated carbocycles. The number of carbonyl (C=O) groups excluding carboxylic acids is 1. The van der Waals surface area contributed by atoms with Crippen molar-refractivity contribution in [2.24, 2.45) is 5.41 Å². The number of esters is 1. The summed E-state index contributed by atoms with van der Waals surface area (Å²) in [6, 6.07) is 8.15. The molecule has 0 spiro atoms. The minimum Gasteiger partial charge on any atom is -0.469 e. The van der Waals surface area contributed by atoms with Crippen LogP contribution in [0.5, 0.6) is 0 Å². The molecule has 1 rings (SSSR count). The molecule has 0 unspecified atom stereocenters. The average Bonchev–Trinajstić information content (AvgIpc) is 2.31. The zero-order valence-electron chi connectivity index (χ0n) is 11.0. The summed E-state index contributed by atoms with van der Waals surface area (Å²) < 4.78 is 4.86. The standard InChI is InChI=1S/C15H20O2/c1-6-13(15(3,4)14(16)17-5)12-9-7-11(2)8-10-12/h6-10,13H,1H2,2-5H3/t13-/m1/s1. The largest absolute Gasteiger partial charge is 0.469 e. The SMILES string of the molecule is C=C[C@H](c1ccc(C)cc1)C(C)(C)C(=O)OC. The minimum absolute atomic E-state index is 0.0458. The van der Waals surface area contributed by atoms with Crippen LogP contribution in [0.3, 0.4) is 0 Å². The summed E-state index contributed by atoms with van der Waals surface area (Å²) in [6.07, 6.45) is 1.81. The Labute approximate surface area is 103 Å². The summed E-state index contributed by atoms with van der Waals surface area (Å²) in [5.74, 6) is -0.265. The summed E-state index contributed by atoms with van der Waals surface area (Å²) in [6.45, 7) is 9.63. The summed E-state index contributed by atoms with van der Waals surface area (Å²) in [7, 11) is 1.42. The first-order valence-corrected chi connectivity index (χ1v) is 5.71. The first kappa shape index (κ1) is 13.5. The lowest BCUT2D eigenvalue weighted by Gasteiger charge is -2.29. The molecule has 0 aromatic heterocycles. The lowest BCUT2D eigenvalue weighted by Crippen LogP contribution is -2.31. The van der Waals surface area contributed by atoms with Gasteiger partial charge >= 0.3 is 5.97 Å². The fourth-order valence-corrected chi connectivity index (χ4v) is 2.01. The van der Waals surface area contributed by atoms with Gasteiger partial charge in [-0.1, -0.05) is 35.9 Å². The number of hydrogen-bond acceptors (Lipinski definition) is 2. The van der Waals surface area contributed by atoms with E-state index < -0.39 is 5.41 Å². The predicted molar refractivity (Wildman–Crippen MR) is 69.9 cm³/mol. The molecule has 0 saturated heterocycles. The highest BCUT2D eigenvalue weighted by Gasteiger charge is 2.36. The van der Waals surface area contributed by atoms with Gasteiger partial charge in [-0.25, -0.2) is 0 Å². The van der Waals surface area contributed by atoms with Crippen LogP contribution in [0.1, 0.15) is 30.9 Å². The van der Waals surface area contributed by atoms with Crippen LogP contribution >= 0.6 is 0 Å². The van der Waals surface area contributed by atoms with Crippen LogP contribution < -0.4 is 0 Å². The number of aryl methyl sites for hydroxylation is 1. The molecule has 0 N–H and O–H groups in total. The molecular formula is C15H20O2. The van der Waals surface area contributed by atoms with Crippen LogP contribution in [0.15, 0.2) is 36.9 Å². The highest BCUT2D eigenvalue weighted by molar-refractivity contribution is 5.77. The number of allylic oxidation sites excluding steroid dienone is 1. The number of ether oxygens (including phenoxy) is 1. The maximum atomic E-state index is 11.8. The molecule has 17 heavy (non-hydrogen) atoms. The number of rotatable bonds is 4. The van der Waals surface area contributed by atoms with Gasteiger partial charge in [0.2, 0.25) is 0 Å². The van der Waals surface area contributed by atoms with Gasteiger partial charge in [0.05, 0.1) is 12.5 Å². The average molecular weight is 232 g/mol. The van der Waals surface area contributed by atoms with E-state index in [1.807, 2.05) is 51.1 Å². The third kappa shape index (κ3) is 2.76. The number of hydrogen-bond donors (Lipinski definition) is 0. The molecule has 92 valence electrons. The topological polar surface area (TPSA) is 26.3 Å². The normalized spacial score (nSPS) is 12.9. The number of benzene rings is 1. The van der Waals surface area contributed by atoms with Gasteiger partial charge in [0.15, 0.2) is 0 Å². The monoisotopic (exact) mass is 232 g/mol. The Morgan fingerprint density at radius 3 is 2.29 bits per heavy atom. The van der Waals surface area contributed by atoms with Crippen molar-refractivity contribution in [1.82, 2.24) is 0 Å². The molecule has 1 aromatic carbocycles. The minimum atomic E-state index is -0.605. The Morgan fingerprint density at radius 2 is 1.88 bits per heavy atom. The first-order chi connectivity index (χ1) is 7.93. The molecule has 0 aliphatic rings. The van der Waals surface area contributed by atoms with E-state index in [1.54, 1.807) is 0 Å². The molecule has 1 aromatic rings. The quantitative estimate of drug-likeness (QED) is 0.587. The van der Waals surface area contributed by atoms with Crippen LogP contribution in [0.4, 0.5) is 0 Å². The summed E-state index contributed by atoms with van der Waals surface area (Å²) >= 11 is 0. The molecule has 0 heterocycles. The van der Waals surface area contributed by atoms with Gasteiger partial charge in [0, 0.05) is 5.92 Å². The summed E-state index contributed by atoms with van der Waals surface area (Å²) in [5.41, 5.74) is 1.68. The van der Waals surface area contributed by atoms with E-state index in [4.69, 9.17) is 4.74 Å². The van der Waals surface area contributed by atoms with E-state index in [1.165, 1.54) is 12.7 Å². The Balaban J connectivity index is 3.11. The van der Waals surface area contributed by atoms with Gasteiger partial charge in [-0.3, -0.25) is 4.79 Å². The second-order valence-corrected chi connectivity index (χ2v) is 4.84. The van der Waals surface area contributed by atoms with Gasteiger partial charge in [0.25, 0.3) is 0 Å². The van der Waals surface area contributed by atoms with Gasteiger partial charge in [0.1, 0.15) is 0 Å². The van der Waals surface area contributed by atoms with Crippen molar-refractivity contribution in [3.05, 3.63) is 48.0 Å². The summed E-state index contributed by atoms with van der Waals surface area (Å²) in [4.78, 5) is 11.8. The van der Waals surface area contributed by atoms with Crippen LogP contribution in [-0.4, -0.2) is 13.1 Å². The zero-order chi connectivity index (χ0) is 13.1. The smallest absolute Gasteiger partial charge is 0.312 e. The van der Waals surface area contributed by atoms with Crippen molar-refractivity contribution in [1.29, 1.82) is 0 Å². The van der Waals surface area contributed by atoms with E-state index in [2.05, 4.69) is 6.58 Å². The predicted octanol–water partition coefficient (Wildman–Crippen LogP) is 3.46. The zero-order valence-corrected chi connectivity index (χ0v) is 11.0. The summed E-state index contributed by atoms with van der Waals surface area (Å²) in [5, 5.41) is 0. The van der Waals surface area contributed by atoms with E-state index in [-0.39, 0.29) is 11.9 Å². The maximum absolute atomic E-state index is 11.8. The fraction of sp³-hybridized carbons (Fsp3) is 0.400. The van der Waals surface area contributed by atoms with Crippen LogP contribution in [0.25, 0.3) is 0 Å². The third-order valence-electron chi connectivity index (χ3n) is 3.16. The van der Waals surface area contributed by atoms with Crippen molar-refractivity contribution in [3.63, 3.8) is 0 Å². The van der Waals surface area contributed by atoms with Crippen molar-refractivity contribution in [2.75, 3.05) is 7.11 Å². The molecular weight excluding hydrogens is 212 g/mol. The van der Waals surface area contributed by atoms with Crippen LogP contribution in [-0.2, 0) is 9.53 Å². The van der Waals surface area contributed by atoms with E-state index in [9.17, 15) is 4.79 Å². The van der Waals surface area contributed by atoms with Gasteiger partial charge in [-0.15, -0.1) is 6.58 Å². The van der Waals surface area contributed by atoms with Crippen molar-refractivity contribution in [3.8, 4) is 0 Å². The molecule has 0 amide bonds. The lowest BCUT2D eigenvalue weighted by molar-refractivity contribution is -0.151. The van der Waals surface area contributed by atoms with Gasteiger partial charge in [-0.2, -0.15) is 0 Å². The fourth-order valence-electron chi connectivity index (χ4n) is 2.01. The molecule has 0 aliphatic carbocycles. The Bertz CT molecular complexity index is 401. The van der Waals surface area contributed by atoms with Crippen molar-refractivity contribution >= 4 is 5.97 Å². The van der Waals surface area contributed by atoms with Gasteiger partial charge in [-0.05, 0) is 26.3 Å². The van der Waals surface area contributed by atoms with Crippen molar-refractivity contribution < 1.29 is 9.53 Å². The number of carbonyl (C=O) groups is 1. The van der Waals surface area contributed by atoms with Crippen molar-refractivity contribution in [2.45, 2.75) is 26.7 Å².